The van der Waals surface area contributed by atoms with Crippen LogP contribution in [0.25, 0.3) is 0 Å². The quantitative estimate of drug-likeness (QED) is 0.817. The molecule has 18 heavy (non-hydrogen) atoms. The lowest BCUT2D eigenvalue weighted by atomic mass is 9.93. The van der Waals surface area contributed by atoms with Gasteiger partial charge in [0.05, 0.1) is 7.11 Å². The van der Waals surface area contributed by atoms with E-state index in [2.05, 4.69) is 16.9 Å². The molecule has 1 fully saturated rings. The number of aromatic nitrogens is 1. The van der Waals surface area contributed by atoms with E-state index in [4.69, 9.17) is 4.74 Å². The maximum Gasteiger partial charge on any atom is 0.217 e. The molecule has 0 aliphatic heterocycles. The van der Waals surface area contributed by atoms with E-state index in [9.17, 15) is 4.79 Å². The molecule has 1 aliphatic rings. The number of ketones is 1. The lowest BCUT2D eigenvalue weighted by Crippen LogP contribution is -2.34. The van der Waals surface area contributed by atoms with Gasteiger partial charge in [-0.25, -0.2) is 4.98 Å². The second-order valence-electron chi connectivity index (χ2n) is 4.86. The second kappa shape index (κ2) is 5.96. The number of methoxy groups -OCH3 is 1. The third-order valence-corrected chi connectivity index (χ3v) is 3.60. The highest BCUT2D eigenvalue weighted by atomic mass is 16.5. The Morgan fingerprint density at radius 2 is 2.17 bits per heavy atom. The minimum atomic E-state index is 0.401. The average molecular weight is 248 g/mol. The summed E-state index contributed by atoms with van der Waals surface area (Å²) in [7, 11) is 3.75. The van der Waals surface area contributed by atoms with Crippen LogP contribution in [0.2, 0.25) is 0 Å². The van der Waals surface area contributed by atoms with Gasteiger partial charge in [-0.05, 0) is 26.0 Å². The SMILES string of the molecule is COc1ncccc1CN(C)C1CCC(=O)CC1. The number of carbonyl (C=O) groups is 1. The molecule has 4 heteroatoms. The Kier molecular flexibility index (Phi) is 4.31. The molecule has 2 rings (SSSR count). The van der Waals surface area contributed by atoms with Crippen molar-refractivity contribution in [1.82, 2.24) is 9.88 Å². The van der Waals surface area contributed by atoms with Crippen molar-refractivity contribution in [1.29, 1.82) is 0 Å². The average Bonchev–Trinajstić information content (AvgIpc) is 2.40. The zero-order valence-corrected chi connectivity index (χ0v) is 11.1. The van der Waals surface area contributed by atoms with Crippen molar-refractivity contribution < 1.29 is 9.53 Å². The molecule has 1 aliphatic carbocycles. The first kappa shape index (κ1) is 13.0. The molecule has 0 aromatic carbocycles. The molecular formula is C14H20N2O2. The molecule has 0 N–H and O–H groups in total. The van der Waals surface area contributed by atoms with Crippen LogP contribution in [0.1, 0.15) is 31.2 Å². The molecule has 4 nitrogen and oxygen atoms in total. The van der Waals surface area contributed by atoms with Crippen LogP contribution in [0, 0.1) is 0 Å². The molecule has 1 aromatic heterocycles. The molecule has 0 unspecified atom stereocenters. The normalized spacial score (nSPS) is 17.2. The van der Waals surface area contributed by atoms with E-state index in [-0.39, 0.29) is 0 Å². The van der Waals surface area contributed by atoms with Crippen LogP contribution >= 0.6 is 0 Å². The lowest BCUT2D eigenvalue weighted by molar-refractivity contribution is -0.121. The Bertz CT molecular complexity index is 410. The third-order valence-electron chi connectivity index (χ3n) is 3.60. The van der Waals surface area contributed by atoms with E-state index < -0.39 is 0 Å². The summed E-state index contributed by atoms with van der Waals surface area (Å²) in [6.45, 7) is 0.815. The molecular weight excluding hydrogens is 228 g/mol. The molecule has 0 atom stereocenters. The second-order valence-corrected chi connectivity index (χ2v) is 4.86. The number of nitrogens with zero attached hydrogens (tertiary/aromatic N) is 2. The number of rotatable bonds is 4. The Hall–Kier alpha value is -1.42. The molecule has 1 heterocycles. The largest absolute Gasteiger partial charge is 0.481 e. The summed E-state index contributed by atoms with van der Waals surface area (Å²) in [5.41, 5.74) is 1.10. The molecule has 98 valence electrons. The Morgan fingerprint density at radius 3 is 2.83 bits per heavy atom. The van der Waals surface area contributed by atoms with Gasteiger partial charge in [0.2, 0.25) is 5.88 Å². The summed E-state index contributed by atoms with van der Waals surface area (Å²) in [6, 6.07) is 4.46. The first-order chi connectivity index (χ1) is 8.70. The molecule has 0 spiro atoms. The standard InChI is InChI=1S/C14H20N2O2/c1-16(12-5-7-13(17)8-6-12)10-11-4-3-9-15-14(11)18-2/h3-4,9,12H,5-8,10H2,1-2H3. The first-order valence-corrected chi connectivity index (χ1v) is 6.40. The van der Waals surface area contributed by atoms with Gasteiger partial charge in [-0.3, -0.25) is 9.69 Å². The van der Waals surface area contributed by atoms with Gasteiger partial charge >= 0.3 is 0 Å². The van der Waals surface area contributed by atoms with Gasteiger partial charge in [-0.2, -0.15) is 0 Å². The highest BCUT2D eigenvalue weighted by Crippen LogP contribution is 2.23. The molecule has 0 bridgehead atoms. The summed E-state index contributed by atoms with van der Waals surface area (Å²) in [6.07, 6.45) is 5.12. The van der Waals surface area contributed by atoms with Crippen LogP contribution in [0.3, 0.4) is 0 Å². The topological polar surface area (TPSA) is 42.4 Å². The summed E-state index contributed by atoms with van der Waals surface area (Å²) in [5.74, 6) is 1.09. The smallest absolute Gasteiger partial charge is 0.217 e. The molecule has 1 saturated carbocycles. The highest BCUT2D eigenvalue weighted by molar-refractivity contribution is 5.79. The predicted molar refractivity (Wildman–Crippen MR) is 69.5 cm³/mol. The lowest BCUT2D eigenvalue weighted by Gasteiger charge is -2.30. The number of pyridine rings is 1. The van der Waals surface area contributed by atoms with Gasteiger partial charge in [0, 0.05) is 37.2 Å². The highest BCUT2D eigenvalue weighted by Gasteiger charge is 2.22. The molecule has 0 radical (unpaired) electrons. The maximum atomic E-state index is 11.2. The van der Waals surface area contributed by atoms with E-state index in [0.717, 1.165) is 37.8 Å². The van der Waals surface area contributed by atoms with Gasteiger partial charge in [0.1, 0.15) is 5.78 Å². The minimum Gasteiger partial charge on any atom is -0.481 e. The fourth-order valence-corrected chi connectivity index (χ4v) is 2.49. The third kappa shape index (κ3) is 3.07. The van der Waals surface area contributed by atoms with E-state index in [0.29, 0.717) is 17.7 Å². The van der Waals surface area contributed by atoms with Crippen molar-refractivity contribution in [3.8, 4) is 5.88 Å². The van der Waals surface area contributed by atoms with E-state index >= 15 is 0 Å². The Labute approximate surface area is 108 Å². The number of carbonyl (C=O) groups excluding carboxylic acids is 1. The fraction of sp³-hybridized carbons (Fsp3) is 0.571. The van der Waals surface area contributed by atoms with Gasteiger partial charge in [-0.15, -0.1) is 0 Å². The number of Topliss-reactive ketones (excluding diaryl/α,β-unsaturated/α-hetero) is 1. The van der Waals surface area contributed by atoms with Crippen molar-refractivity contribution in [3.05, 3.63) is 23.9 Å². The predicted octanol–water partition coefficient (Wildman–Crippen LogP) is 2.03. The van der Waals surface area contributed by atoms with Crippen LogP contribution < -0.4 is 4.74 Å². The van der Waals surface area contributed by atoms with Crippen LogP contribution in [-0.4, -0.2) is 35.9 Å². The minimum absolute atomic E-state index is 0.401. The zero-order valence-electron chi connectivity index (χ0n) is 11.1. The van der Waals surface area contributed by atoms with Crippen molar-refractivity contribution in [2.24, 2.45) is 0 Å². The van der Waals surface area contributed by atoms with Crippen molar-refractivity contribution in [2.75, 3.05) is 14.2 Å². The summed E-state index contributed by atoms with van der Waals surface area (Å²) in [5, 5.41) is 0. The van der Waals surface area contributed by atoms with Crippen molar-refractivity contribution in [3.63, 3.8) is 0 Å². The maximum absolute atomic E-state index is 11.2. The summed E-state index contributed by atoms with van der Waals surface area (Å²) < 4.78 is 5.26. The van der Waals surface area contributed by atoms with E-state index in [1.165, 1.54) is 0 Å². The first-order valence-electron chi connectivity index (χ1n) is 6.40. The Morgan fingerprint density at radius 1 is 1.44 bits per heavy atom. The van der Waals surface area contributed by atoms with Crippen molar-refractivity contribution >= 4 is 5.78 Å². The van der Waals surface area contributed by atoms with Crippen LogP contribution in [0.5, 0.6) is 5.88 Å². The van der Waals surface area contributed by atoms with Gasteiger partial charge in [0.15, 0.2) is 0 Å². The Balaban J connectivity index is 1.98. The summed E-state index contributed by atoms with van der Waals surface area (Å²) in [4.78, 5) is 17.7. The number of hydrogen-bond acceptors (Lipinski definition) is 4. The molecule has 1 aromatic rings. The van der Waals surface area contributed by atoms with Crippen LogP contribution in [0.15, 0.2) is 18.3 Å². The summed E-state index contributed by atoms with van der Waals surface area (Å²) >= 11 is 0. The molecule has 0 saturated heterocycles. The van der Waals surface area contributed by atoms with Gasteiger partial charge < -0.3 is 4.74 Å². The zero-order chi connectivity index (χ0) is 13.0. The van der Waals surface area contributed by atoms with Crippen molar-refractivity contribution in [2.45, 2.75) is 38.3 Å². The van der Waals surface area contributed by atoms with Gasteiger partial charge in [0.25, 0.3) is 0 Å². The number of hydrogen-bond donors (Lipinski definition) is 0. The van der Waals surface area contributed by atoms with Crippen LogP contribution in [0.4, 0.5) is 0 Å². The fourth-order valence-electron chi connectivity index (χ4n) is 2.49. The number of ether oxygens (including phenoxy) is 1. The van der Waals surface area contributed by atoms with E-state index in [1.807, 2.05) is 12.1 Å². The van der Waals surface area contributed by atoms with E-state index in [1.54, 1.807) is 13.3 Å². The van der Waals surface area contributed by atoms with Gasteiger partial charge in [-0.1, -0.05) is 6.07 Å². The molecule has 0 amide bonds. The monoisotopic (exact) mass is 248 g/mol. The van der Waals surface area contributed by atoms with Crippen LogP contribution in [-0.2, 0) is 11.3 Å².